The average molecular weight is 285 g/mol. The molecule has 21 heavy (non-hydrogen) atoms. The highest BCUT2D eigenvalue weighted by molar-refractivity contribution is 5.76. The zero-order chi connectivity index (χ0) is 14.8. The van der Waals surface area contributed by atoms with Crippen molar-refractivity contribution in [1.82, 2.24) is 0 Å². The van der Waals surface area contributed by atoms with Gasteiger partial charge >= 0.3 is 0 Å². The molecule has 0 aliphatic carbocycles. The highest BCUT2D eigenvalue weighted by Gasteiger charge is 2.15. The number of hydrogen-bond donors (Lipinski definition) is 1. The average Bonchev–Trinajstić information content (AvgIpc) is 2.49. The van der Waals surface area contributed by atoms with Gasteiger partial charge in [-0.05, 0) is 55.5 Å². The van der Waals surface area contributed by atoms with Gasteiger partial charge in [0.25, 0.3) is 0 Å². The molecule has 0 atom stereocenters. The van der Waals surface area contributed by atoms with E-state index < -0.39 is 0 Å². The molecule has 0 saturated carbocycles. The third-order valence-electron chi connectivity index (χ3n) is 4.15. The largest absolute Gasteiger partial charge is 0.507 e. The molecule has 0 amide bonds. The SMILES string of the molecule is Cc1cc(N2CCCCC2)cc(O)c1-c1ccc(F)cc1. The van der Waals surface area contributed by atoms with Crippen LogP contribution in [0.3, 0.4) is 0 Å². The van der Waals surface area contributed by atoms with E-state index >= 15 is 0 Å². The van der Waals surface area contributed by atoms with Crippen LogP contribution in [-0.4, -0.2) is 18.2 Å². The van der Waals surface area contributed by atoms with Gasteiger partial charge in [-0.1, -0.05) is 12.1 Å². The Kier molecular flexibility index (Phi) is 3.82. The number of nitrogens with zero attached hydrogens (tertiary/aromatic N) is 1. The van der Waals surface area contributed by atoms with Crippen molar-refractivity contribution in [3.05, 3.63) is 47.8 Å². The number of phenolic OH excluding ortho intramolecular Hbond substituents is 1. The number of piperidine rings is 1. The molecule has 3 heteroatoms. The minimum Gasteiger partial charge on any atom is -0.507 e. The van der Waals surface area contributed by atoms with Gasteiger partial charge < -0.3 is 10.0 Å². The fourth-order valence-electron chi connectivity index (χ4n) is 3.08. The lowest BCUT2D eigenvalue weighted by atomic mass is 9.98. The third-order valence-corrected chi connectivity index (χ3v) is 4.15. The van der Waals surface area contributed by atoms with Crippen molar-refractivity contribution in [2.75, 3.05) is 18.0 Å². The molecule has 0 aromatic heterocycles. The molecule has 0 radical (unpaired) electrons. The number of aromatic hydroxyl groups is 1. The van der Waals surface area contributed by atoms with Crippen LogP contribution in [0.4, 0.5) is 10.1 Å². The summed E-state index contributed by atoms with van der Waals surface area (Å²) >= 11 is 0. The van der Waals surface area contributed by atoms with Crippen LogP contribution in [0.15, 0.2) is 36.4 Å². The van der Waals surface area contributed by atoms with Gasteiger partial charge in [-0.2, -0.15) is 0 Å². The van der Waals surface area contributed by atoms with E-state index in [0.717, 1.165) is 35.5 Å². The monoisotopic (exact) mass is 285 g/mol. The maximum Gasteiger partial charge on any atom is 0.125 e. The minimum absolute atomic E-state index is 0.263. The number of rotatable bonds is 2. The summed E-state index contributed by atoms with van der Waals surface area (Å²) in [5, 5.41) is 10.4. The topological polar surface area (TPSA) is 23.5 Å². The zero-order valence-corrected chi connectivity index (χ0v) is 12.3. The number of benzene rings is 2. The fraction of sp³-hybridized carbons (Fsp3) is 0.333. The Morgan fingerprint density at radius 1 is 1.00 bits per heavy atom. The number of aryl methyl sites for hydroxylation is 1. The lowest BCUT2D eigenvalue weighted by Gasteiger charge is -2.29. The molecule has 0 bridgehead atoms. The molecular weight excluding hydrogens is 265 g/mol. The molecule has 1 fully saturated rings. The quantitative estimate of drug-likeness (QED) is 0.878. The summed E-state index contributed by atoms with van der Waals surface area (Å²) in [7, 11) is 0. The van der Waals surface area contributed by atoms with E-state index in [9.17, 15) is 9.50 Å². The second-order valence-corrected chi connectivity index (χ2v) is 5.71. The summed E-state index contributed by atoms with van der Waals surface area (Å²) < 4.78 is 13.0. The van der Waals surface area contributed by atoms with Crippen molar-refractivity contribution in [2.45, 2.75) is 26.2 Å². The summed E-state index contributed by atoms with van der Waals surface area (Å²) in [6.45, 7) is 4.09. The smallest absolute Gasteiger partial charge is 0.125 e. The maximum atomic E-state index is 13.0. The molecular formula is C18H20FNO. The van der Waals surface area contributed by atoms with Crippen molar-refractivity contribution in [2.24, 2.45) is 0 Å². The van der Waals surface area contributed by atoms with Crippen LogP contribution in [0, 0.1) is 12.7 Å². The molecule has 3 rings (SSSR count). The lowest BCUT2D eigenvalue weighted by molar-refractivity contribution is 0.476. The second kappa shape index (κ2) is 5.76. The number of halogens is 1. The van der Waals surface area contributed by atoms with Crippen LogP contribution in [0.5, 0.6) is 5.75 Å². The van der Waals surface area contributed by atoms with Gasteiger partial charge in [0.2, 0.25) is 0 Å². The van der Waals surface area contributed by atoms with Crippen molar-refractivity contribution >= 4 is 5.69 Å². The summed E-state index contributed by atoms with van der Waals surface area (Å²) in [6, 6.07) is 10.2. The van der Waals surface area contributed by atoms with Crippen molar-refractivity contribution in [1.29, 1.82) is 0 Å². The molecule has 1 aliphatic heterocycles. The van der Waals surface area contributed by atoms with Crippen LogP contribution in [-0.2, 0) is 0 Å². The Hall–Kier alpha value is -2.03. The minimum atomic E-state index is -0.263. The van der Waals surface area contributed by atoms with E-state index in [1.165, 1.54) is 31.4 Å². The Morgan fingerprint density at radius 2 is 1.67 bits per heavy atom. The standard InChI is InChI=1S/C18H20FNO/c1-13-11-16(20-9-3-2-4-10-20)12-17(21)18(13)14-5-7-15(19)8-6-14/h5-8,11-12,21H,2-4,9-10H2,1H3. The second-order valence-electron chi connectivity index (χ2n) is 5.71. The van der Waals surface area contributed by atoms with Gasteiger partial charge in [0.15, 0.2) is 0 Å². The number of anilines is 1. The van der Waals surface area contributed by atoms with Gasteiger partial charge in [-0.3, -0.25) is 0 Å². The zero-order valence-electron chi connectivity index (χ0n) is 12.3. The van der Waals surface area contributed by atoms with Crippen molar-refractivity contribution in [3.8, 4) is 16.9 Å². The van der Waals surface area contributed by atoms with E-state index in [4.69, 9.17) is 0 Å². The molecule has 2 aromatic rings. The Balaban J connectivity index is 1.97. The molecule has 0 unspecified atom stereocenters. The summed E-state index contributed by atoms with van der Waals surface area (Å²) in [5.74, 6) is 0.00279. The van der Waals surface area contributed by atoms with Crippen LogP contribution in [0.25, 0.3) is 11.1 Å². The van der Waals surface area contributed by atoms with E-state index in [-0.39, 0.29) is 11.6 Å². The van der Waals surface area contributed by atoms with Crippen molar-refractivity contribution < 1.29 is 9.50 Å². The normalized spacial score (nSPS) is 15.2. The lowest BCUT2D eigenvalue weighted by Crippen LogP contribution is -2.29. The molecule has 1 saturated heterocycles. The first-order chi connectivity index (χ1) is 10.1. The highest BCUT2D eigenvalue weighted by Crippen LogP contribution is 2.36. The van der Waals surface area contributed by atoms with Gasteiger partial charge in [0, 0.05) is 30.4 Å². The van der Waals surface area contributed by atoms with Crippen molar-refractivity contribution in [3.63, 3.8) is 0 Å². The molecule has 110 valence electrons. The van der Waals surface area contributed by atoms with Gasteiger partial charge in [-0.25, -0.2) is 4.39 Å². The molecule has 0 spiro atoms. The van der Waals surface area contributed by atoms with E-state index in [2.05, 4.69) is 11.0 Å². The molecule has 2 aromatic carbocycles. The first kappa shape index (κ1) is 13.9. The fourth-order valence-corrected chi connectivity index (χ4v) is 3.08. The molecule has 1 heterocycles. The highest BCUT2D eigenvalue weighted by atomic mass is 19.1. The summed E-state index contributed by atoms with van der Waals surface area (Å²) in [6.07, 6.45) is 3.70. The molecule has 1 aliphatic rings. The molecule has 2 nitrogen and oxygen atoms in total. The number of phenols is 1. The van der Waals surface area contributed by atoms with Crippen LogP contribution >= 0.6 is 0 Å². The first-order valence-corrected chi connectivity index (χ1v) is 7.49. The predicted molar refractivity (Wildman–Crippen MR) is 84.3 cm³/mol. The third kappa shape index (κ3) is 2.87. The Labute approximate surface area is 124 Å². The van der Waals surface area contributed by atoms with E-state index in [1.54, 1.807) is 12.1 Å². The first-order valence-electron chi connectivity index (χ1n) is 7.49. The van der Waals surface area contributed by atoms with E-state index in [1.807, 2.05) is 13.0 Å². The van der Waals surface area contributed by atoms with E-state index in [0.29, 0.717) is 0 Å². The van der Waals surface area contributed by atoms with Crippen LogP contribution < -0.4 is 4.90 Å². The Morgan fingerprint density at radius 3 is 2.29 bits per heavy atom. The van der Waals surface area contributed by atoms with Crippen LogP contribution in [0.1, 0.15) is 24.8 Å². The molecule has 1 N–H and O–H groups in total. The summed E-state index contributed by atoms with van der Waals surface area (Å²) in [4.78, 5) is 2.32. The Bertz CT molecular complexity index is 607. The maximum absolute atomic E-state index is 13.0. The predicted octanol–water partition coefficient (Wildman–Crippen LogP) is 4.50. The summed E-state index contributed by atoms with van der Waals surface area (Å²) in [5.41, 5.74) is 3.73. The van der Waals surface area contributed by atoms with Gasteiger partial charge in [-0.15, -0.1) is 0 Å². The number of hydrogen-bond acceptors (Lipinski definition) is 2. The van der Waals surface area contributed by atoms with Gasteiger partial charge in [0.05, 0.1) is 0 Å². The van der Waals surface area contributed by atoms with Crippen LogP contribution in [0.2, 0.25) is 0 Å². The van der Waals surface area contributed by atoms with Gasteiger partial charge in [0.1, 0.15) is 11.6 Å².